The Morgan fingerprint density at radius 3 is 2.52 bits per heavy atom. The van der Waals surface area contributed by atoms with Gasteiger partial charge in [0.15, 0.2) is 11.5 Å². The quantitative estimate of drug-likeness (QED) is 0.600. The molecule has 2 aromatic carbocycles. The Balaban J connectivity index is 1.41. The number of ether oxygens (including phenoxy) is 2. The third-order valence-corrected chi connectivity index (χ3v) is 5.66. The highest BCUT2D eigenvalue weighted by Crippen LogP contribution is 2.32. The standard InChI is InChI=1S/C25H28N4O4/c1-4-28(16-24(30)26-19-10-11-22-23(14-19)33-13-12-32-22)25(31)15-21-17(2)27-29(18(21)3)20-8-6-5-7-9-20/h5-11,14H,4,12-13,15-16H2,1-3H3,(H,26,30). The van der Waals surface area contributed by atoms with E-state index in [1.807, 2.05) is 55.8 Å². The Morgan fingerprint density at radius 2 is 1.79 bits per heavy atom. The molecule has 1 N–H and O–H groups in total. The summed E-state index contributed by atoms with van der Waals surface area (Å²) in [7, 11) is 0. The lowest BCUT2D eigenvalue weighted by molar-refractivity contribution is -0.133. The fourth-order valence-corrected chi connectivity index (χ4v) is 3.89. The first-order chi connectivity index (χ1) is 16.0. The molecule has 0 atom stereocenters. The molecule has 0 unspecified atom stereocenters. The van der Waals surface area contributed by atoms with Gasteiger partial charge >= 0.3 is 0 Å². The lowest BCUT2D eigenvalue weighted by Gasteiger charge is -2.21. The van der Waals surface area contributed by atoms with Crippen molar-refractivity contribution in [1.82, 2.24) is 14.7 Å². The van der Waals surface area contributed by atoms with Gasteiger partial charge in [-0.3, -0.25) is 9.59 Å². The molecule has 0 aliphatic carbocycles. The number of carbonyl (C=O) groups excluding carboxylic acids is 2. The fourth-order valence-electron chi connectivity index (χ4n) is 3.89. The van der Waals surface area contributed by atoms with Crippen molar-refractivity contribution in [3.05, 3.63) is 65.5 Å². The van der Waals surface area contributed by atoms with E-state index in [-0.39, 0.29) is 24.8 Å². The number of amides is 2. The van der Waals surface area contributed by atoms with Gasteiger partial charge in [0.25, 0.3) is 0 Å². The number of hydrogen-bond donors (Lipinski definition) is 1. The molecule has 0 saturated heterocycles. The molecule has 0 fully saturated rings. The fraction of sp³-hybridized carbons (Fsp3) is 0.320. The van der Waals surface area contributed by atoms with E-state index in [0.29, 0.717) is 36.9 Å². The Kier molecular flexibility index (Phi) is 6.63. The van der Waals surface area contributed by atoms with Gasteiger partial charge in [0.2, 0.25) is 11.8 Å². The molecule has 0 spiro atoms. The summed E-state index contributed by atoms with van der Waals surface area (Å²) >= 11 is 0. The van der Waals surface area contributed by atoms with Crippen LogP contribution in [0.25, 0.3) is 5.69 Å². The molecule has 0 saturated carbocycles. The Morgan fingerprint density at radius 1 is 1.06 bits per heavy atom. The second-order valence-corrected chi connectivity index (χ2v) is 7.89. The molecule has 33 heavy (non-hydrogen) atoms. The molecule has 8 nitrogen and oxygen atoms in total. The minimum Gasteiger partial charge on any atom is -0.486 e. The highest BCUT2D eigenvalue weighted by molar-refractivity contribution is 5.95. The van der Waals surface area contributed by atoms with Gasteiger partial charge in [-0.05, 0) is 45.0 Å². The first-order valence-electron chi connectivity index (χ1n) is 11.0. The summed E-state index contributed by atoms with van der Waals surface area (Å²) in [5.41, 5.74) is 4.16. The van der Waals surface area contributed by atoms with Crippen LogP contribution in [-0.2, 0) is 16.0 Å². The molecule has 1 aliphatic rings. The lowest BCUT2D eigenvalue weighted by atomic mass is 10.1. The van der Waals surface area contributed by atoms with Gasteiger partial charge < -0.3 is 19.7 Å². The number of likely N-dealkylation sites (N-methyl/N-ethyl adjacent to an activating group) is 1. The van der Waals surface area contributed by atoms with E-state index in [9.17, 15) is 9.59 Å². The second-order valence-electron chi connectivity index (χ2n) is 7.89. The van der Waals surface area contributed by atoms with Gasteiger partial charge in [0.05, 0.1) is 24.3 Å². The highest BCUT2D eigenvalue weighted by atomic mass is 16.6. The van der Waals surface area contributed by atoms with Crippen molar-refractivity contribution in [2.45, 2.75) is 27.2 Å². The first-order valence-corrected chi connectivity index (χ1v) is 11.0. The zero-order valence-electron chi connectivity index (χ0n) is 19.1. The lowest BCUT2D eigenvalue weighted by Crippen LogP contribution is -2.38. The van der Waals surface area contributed by atoms with E-state index in [1.54, 1.807) is 23.1 Å². The van der Waals surface area contributed by atoms with Crippen LogP contribution in [0.2, 0.25) is 0 Å². The molecule has 1 aliphatic heterocycles. The highest BCUT2D eigenvalue weighted by Gasteiger charge is 2.21. The number of para-hydroxylation sites is 1. The number of aryl methyl sites for hydroxylation is 1. The maximum Gasteiger partial charge on any atom is 0.243 e. The number of nitrogens with zero attached hydrogens (tertiary/aromatic N) is 3. The van der Waals surface area contributed by atoms with Crippen molar-refractivity contribution in [3.8, 4) is 17.2 Å². The van der Waals surface area contributed by atoms with Crippen LogP contribution in [0.3, 0.4) is 0 Å². The molecule has 1 aromatic heterocycles. The van der Waals surface area contributed by atoms with Crippen molar-refractivity contribution in [2.75, 3.05) is 31.6 Å². The predicted octanol–water partition coefficient (Wildman–Crippen LogP) is 3.29. The molecule has 2 heterocycles. The van der Waals surface area contributed by atoms with Gasteiger partial charge in [0.1, 0.15) is 13.2 Å². The van der Waals surface area contributed by atoms with Crippen LogP contribution in [0.5, 0.6) is 11.5 Å². The number of anilines is 1. The maximum absolute atomic E-state index is 13.0. The number of aromatic nitrogens is 2. The van der Waals surface area contributed by atoms with Crippen molar-refractivity contribution in [1.29, 1.82) is 0 Å². The van der Waals surface area contributed by atoms with E-state index in [0.717, 1.165) is 22.6 Å². The number of hydrogen-bond acceptors (Lipinski definition) is 5. The Hall–Kier alpha value is -3.81. The van der Waals surface area contributed by atoms with Crippen LogP contribution in [0.1, 0.15) is 23.9 Å². The molecule has 4 rings (SSSR count). The summed E-state index contributed by atoms with van der Waals surface area (Å²) in [5.74, 6) is 0.874. The molecular weight excluding hydrogens is 420 g/mol. The van der Waals surface area contributed by atoms with Crippen molar-refractivity contribution >= 4 is 17.5 Å². The SMILES string of the molecule is CCN(CC(=O)Nc1ccc2c(c1)OCCO2)C(=O)Cc1c(C)nn(-c2ccccc2)c1C. The molecule has 0 radical (unpaired) electrons. The van der Waals surface area contributed by atoms with Crippen LogP contribution < -0.4 is 14.8 Å². The third kappa shape index (κ3) is 5.00. The largest absolute Gasteiger partial charge is 0.486 e. The van der Waals surface area contributed by atoms with E-state index < -0.39 is 0 Å². The van der Waals surface area contributed by atoms with Gasteiger partial charge in [-0.25, -0.2) is 4.68 Å². The molecule has 3 aromatic rings. The first kappa shape index (κ1) is 22.4. The molecule has 0 bridgehead atoms. The maximum atomic E-state index is 13.0. The topological polar surface area (TPSA) is 85.7 Å². The van der Waals surface area contributed by atoms with E-state index in [1.165, 1.54) is 0 Å². The second kappa shape index (κ2) is 9.77. The molecule has 8 heteroatoms. The van der Waals surface area contributed by atoms with Crippen LogP contribution in [0, 0.1) is 13.8 Å². The van der Waals surface area contributed by atoms with Gasteiger partial charge in [0, 0.05) is 29.6 Å². The van der Waals surface area contributed by atoms with E-state index in [4.69, 9.17) is 9.47 Å². The van der Waals surface area contributed by atoms with Crippen molar-refractivity contribution < 1.29 is 19.1 Å². The van der Waals surface area contributed by atoms with Crippen LogP contribution in [-0.4, -0.2) is 52.8 Å². The minimum absolute atomic E-state index is 0.0330. The number of nitrogens with one attached hydrogen (secondary N) is 1. The average Bonchev–Trinajstić information content (AvgIpc) is 3.11. The number of fused-ring (bicyclic) bond motifs is 1. The Bertz CT molecular complexity index is 1160. The summed E-state index contributed by atoms with van der Waals surface area (Å²) in [6, 6.07) is 15.1. The van der Waals surface area contributed by atoms with E-state index >= 15 is 0 Å². The molecular formula is C25H28N4O4. The minimum atomic E-state index is -0.268. The predicted molar refractivity (Wildman–Crippen MR) is 125 cm³/mol. The van der Waals surface area contributed by atoms with Crippen LogP contribution in [0.4, 0.5) is 5.69 Å². The van der Waals surface area contributed by atoms with Crippen LogP contribution in [0.15, 0.2) is 48.5 Å². The van der Waals surface area contributed by atoms with Gasteiger partial charge in [-0.15, -0.1) is 0 Å². The summed E-state index contributed by atoms with van der Waals surface area (Å²) < 4.78 is 12.9. The summed E-state index contributed by atoms with van der Waals surface area (Å²) in [6.07, 6.45) is 0.190. The van der Waals surface area contributed by atoms with Gasteiger partial charge in [-0.2, -0.15) is 5.10 Å². The number of rotatable bonds is 7. The van der Waals surface area contributed by atoms with Crippen molar-refractivity contribution in [2.24, 2.45) is 0 Å². The summed E-state index contributed by atoms with van der Waals surface area (Å²) in [6.45, 7) is 7.10. The third-order valence-electron chi connectivity index (χ3n) is 5.66. The zero-order chi connectivity index (χ0) is 23.4. The molecule has 172 valence electrons. The summed E-state index contributed by atoms with van der Waals surface area (Å²) in [4.78, 5) is 27.2. The van der Waals surface area contributed by atoms with Crippen molar-refractivity contribution in [3.63, 3.8) is 0 Å². The number of benzene rings is 2. The zero-order valence-corrected chi connectivity index (χ0v) is 19.1. The van der Waals surface area contributed by atoms with E-state index in [2.05, 4.69) is 10.4 Å². The smallest absolute Gasteiger partial charge is 0.243 e. The van der Waals surface area contributed by atoms with Crippen LogP contribution >= 0.6 is 0 Å². The summed E-state index contributed by atoms with van der Waals surface area (Å²) in [5, 5.41) is 7.45. The van der Waals surface area contributed by atoms with Gasteiger partial charge in [-0.1, -0.05) is 18.2 Å². The Labute approximate surface area is 193 Å². The number of carbonyl (C=O) groups is 2. The monoisotopic (exact) mass is 448 g/mol. The average molecular weight is 449 g/mol. The molecule has 2 amide bonds. The normalized spacial score (nSPS) is 12.3.